The smallest absolute Gasteiger partial charge is 0.377 e. The van der Waals surface area contributed by atoms with E-state index in [1.807, 2.05) is 39.0 Å². The van der Waals surface area contributed by atoms with Gasteiger partial charge in [-0.2, -0.15) is 33.1 Å². The molecule has 0 saturated carbocycles. The van der Waals surface area contributed by atoms with Gasteiger partial charge in [0.1, 0.15) is 5.69 Å². The number of aryl methyl sites for hydroxylation is 2. The summed E-state index contributed by atoms with van der Waals surface area (Å²) >= 11 is 0. The van der Waals surface area contributed by atoms with E-state index in [2.05, 4.69) is 20.6 Å². The van der Waals surface area contributed by atoms with Gasteiger partial charge in [-0.15, -0.1) is 0 Å². The molecule has 0 spiro atoms. The van der Waals surface area contributed by atoms with Gasteiger partial charge in [0.2, 0.25) is 0 Å². The number of anilines is 1. The molecule has 2 aromatic carbocycles. The lowest BCUT2D eigenvalue weighted by Crippen LogP contribution is -2.27. The Morgan fingerprint density at radius 1 is 1.03 bits per heavy atom. The molecule has 1 atom stereocenters. The number of benzene rings is 2. The van der Waals surface area contributed by atoms with Crippen molar-refractivity contribution < 1.29 is 13.2 Å². The molecule has 1 N–H and O–H groups in total. The summed E-state index contributed by atoms with van der Waals surface area (Å²) in [6.45, 7) is 5.81. The van der Waals surface area contributed by atoms with Crippen LogP contribution in [0.1, 0.15) is 29.2 Å². The Bertz CT molecular complexity index is 1480. The van der Waals surface area contributed by atoms with Crippen molar-refractivity contribution in [1.29, 1.82) is 0 Å². The number of rotatable bonds is 3. The Morgan fingerprint density at radius 2 is 1.77 bits per heavy atom. The van der Waals surface area contributed by atoms with Gasteiger partial charge in [0, 0.05) is 28.9 Å². The monoisotopic (exact) mass is 477 g/mol. The molecule has 2 aromatic heterocycles. The maximum absolute atomic E-state index is 14.1. The molecule has 1 unspecified atom stereocenters. The van der Waals surface area contributed by atoms with Crippen LogP contribution in [-0.2, 0) is 12.6 Å². The van der Waals surface area contributed by atoms with Gasteiger partial charge < -0.3 is 5.32 Å². The third kappa shape index (κ3) is 4.18. The summed E-state index contributed by atoms with van der Waals surface area (Å²) in [5.41, 5.74) is 3.05. The van der Waals surface area contributed by atoms with Gasteiger partial charge in [-0.1, -0.05) is 23.3 Å². The summed E-state index contributed by atoms with van der Waals surface area (Å²) in [5, 5.41) is 15.5. The Balaban J connectivity index is 1.82. The average Bonchev–Trinajstić information content (AvgIpc) is 3.20. The zero-order valence-corrected chi connectivity index (χ0v) is 19.3. The maximum Gasteiger partial charge on any atom is 0.418 e. The Morgan fingerprint density at radius 3 is 2.43 bits per heavy atom. The lowest BCUT2D eigenvalue weighted by molar-refractivity contribution is -0.137. The number of hydrogen-bond donors (Lipinski definition) is 1. The maximum atomic E-state index is 14.1. The van der Waals surface area contributed by atoms with Gasteiger partial charge in [-0.3, -0.25) is 4.79 Å². The first kappa shape index (κ1) is 22.8. The van der Waals surface area contributed by atoms with Crippen LogP contribution in [0.3, 0.4) is 0 Å². The van der Waals surface area contributed by atoms with Crippen molar-refractivity contribution >= 4 is 5.69 Å². The second-order valence-corrected chi connectivity index (χ2v) is 8.88. The summed E-state index contributed by atoms with van der Waals surface area (Å²) in [7, 11) is 0. The molecule has 6 nitrogen and oxygen atoms in total. The second-order valence-electron chi connectivity index (χ2n) is 8.88. The summed E-state index contributed by atoms with van der Waals surface area (Å²) in [6, 6.07) is 12.7. The molecule has 0 aliphatic carbocycles. The molecule has 0 radical (unpaired) electrons. The molecule has 0 saturated heterocycles. The Labute approximate surface area is 199 Å². The first-order chi connectivity index (χ1) is 16.6. The zero-order valence-electron chi connectivity index (χ0n) is 19.3. The van der Waals surface area contributed by atoms with Crippen molar-refractivity contribution in [3.8, 4) is 28.2 Å². The molecule has 3 heterocycles. The molecular weight excluding hydrogens is 455 g/mol. The topological polar surface area (TPSA) is 72.7 Å². The highest BCUT2D eigenvalue weighted by Crippen LogP contribution is 2.37. The number of fused-ring (bicyclic) bond motifs is 1. The van der Waals surface area contributed by atoms with Crippen molar-refractivity contribution in [3.05, 3.63) is 87.3 Å². The van der Waals surface area contributed by atoms with Crippen LogP contribution in [0, 0.1) is 13.8 Å². The number of aromatic nitrogens is 4. The Hall–Kier alpha value is -4.01. The average molecular weight is 477 g/mol. The lowest BCUT2D eigenvalue weighted by atomic mass is 9.99. The van der Waals surface area contributed by atoms with Crippen LogP contribution in [0.25, 0.3) is 28.2 Å². The molecule has 35 heavy (non-hydrogen) atoms. The van der Waals surface area contributed by atoms with E-state index in [-0.39, 0.29) is 17.4 Å². The predicted octanol–water partition coefficient (Wildman–Crippen LogP) is 5.35. The molecule has 4 aromatic rings. The van der Waals surface area contributed by atoms with E-state index in [9.17, 15) is 18.0 Å². The first-order valence-corrected chi connectivity index (χ1v) is 11.1. The summed E-state index contributed by atoms with van der Waals surface area (Å²) in [6.07, 6.45) is -2.67. The fraction of sp³-hybridized carbons (Fsp3) is 0.231. The number of nitrogens with zero attached hydrogens (tertiary/aromatic N) is 4. The zero-order chi connectivity index (χ0) is 24.9. The van der Waals surface area contributed by atoms with E-state index in [1.54, 1.807) is 12.1 Å². The van der Waals surface area contributed by atoms with Crippen LogP contribution >= 0.6 is 0 Å². The van der Waals surface area contributed by atoms with Crippen LogP contribution in [0.5, 0.6) is 0 Å². The quantitative estimate of drug-likeness (QED) is 0.431. The molecule has 5 rings (SSSR count). The highest BCUT2D eigenvalue weighted by Gasteiger charge is 2.36. The van der Waals surface area contributed by atoms with Crippen molar-refractivity contribution in [1.82, 2.24) is 20.0 Å². The molecule has 178 valence electrons. The normalized spacial score (nSPS) is 15.1. The third-order valence-electron chi connectivity index (χ3n) is 5.99. The molecule has 0 amide bonds. The lowest BCUT2D eigenvalue weighted by Gasteiger charge is -2.18. The van der Waals surface area contributed by atoms with Crippen LogP contribution in [-0.4, -0.2) is 26.0 Å². The van der Waals surface area contributed by atoms with Gasteiger partial charge in [0.05, 0.1) is 22.6 Å². The van der Waals surface area contributed by atoms with Crippen molar-refractivity contribution in [2.24, 2.45) is 0 Å². The minimum Gasteiger partial charge on any atom is -0.377 e. The van der Waals surface area contributed by atoms with E-state index in [1.165, 1.54) is 18.3 Å². The van der Waals surface area contributed by atoms with Crippen LogP contribution in [0.4, 0.5) is 18.9 Å². The number of nitrogens with one attached hydrogen (secondary N) is 1. The minimum absolute atomic E-state index is 0.0481. The molecule has 9 heteroatoms. The number of alkyl halides is 3. The minimum atomic E-state index is -4.70. The number of halogens is 3. The molecule has 0 fully saturated rings. The highest BCUT2D eigenvalue weighted by atomic mass is 19.4. The standard InChI is InChI=1S/C26H22F3N5O/c1-14-9-15(2)11-18(10-14)23-19-12-16(3)31-24(19)25(35)34(33-23)22-13-17(21-5-4-8-30-32-21)6-7-20(22)26(27,28)29/h4-11,13,16,31H,12H2,1-3H3. The summed E-state index contributed by atoms with van der Waals surface area (Å²) < 4.78 is 43.1. The van der Waals surface area contributed by atoms with Crippen LogP contribution in [0.15, 0.2) is 59.5 Å². The molecule has 1 aliphatic heterocycles. The summed E-state index contributed by atoms with van der Waals surface area (Å²) in [5.74, 6) is 0. The van der Waals surface area contributed by atoms with Gasteiger partial charge in [-0.05, 0) is 63.6 Å². The van der Waals surface area contributed by atoms with Crippen molar-refractivity contribution in [2.45, 2.75) is 39.4 Å². The third-order valence-corrected chi connectivity index (χ3v) is 5.99. The largest absolute Gasteiger partial charge is 0.418 e. The first-order valence-electron chi connectivity index (χ1n) is 11.1. The highest BCUT2D eigenvalue weighted by molar-refractivity contribution is 5.74. The van der Waals surface area contributed by atoms with Crippen LogP contribution < -0.4 is 10.9 Å². The van der Waals surface area contributed by atoms with E-state index >= 15 is 0 Å². The van der Waals surface area contributed by atoms with Gasteiger partial charge in [0.25, 0.3) is 5.56 Å². The van der Waals surface area contributed by atoms with Crippen molar-refractivity contribution in [2.75, 3.05) is 5.32 Å². The van der Waals surface area contributed by atoms with Gasteiger partial charge in [0.15, 0.2) is 0 Å². The summed E-state index contributed by atoms with van der Waals surface area (Å²) in [4.78, 5) is 13.5. The van der Waals surface area contributed by atoms with Crippen LogP contribution in [0.2, 0.25) is 0 Å². The Kier molecular flexibility index (Phi) is 5.42. The van der Waals surface area contributed by atoms with Gasteiger partial charge >= 0.3 is 6.18 Å². The molecule has 1 aliphatic rings. The van der Waals surface area contributed by atoms with E-state index in [4.69, 9.17) is 0 Å². The van der Waals surface area contributed by atoms with E-state index in [0.717, 1.165) is 27.4 Å². The fourth-order valence-electron chi connectivity index (χ4n) is 4.58. The van der Waals surface area contributed by atoms with E-state index < -0.39 is 17.3 Å². The molecule has 0 bridgehead atoms. The number of hydrogen-bond acceptors (Lipinski definition) is 5. The van der Waals surface area contributed by atoms with E-state index in [0.29, 0.717) is 28.9 Å². The second kappa shape index (κ2) is 8.33. The van der Waals surface area contributed by atoms with Gasteiger partial charge in [-0.25, -0.2) is 0 Å². The molecular formula is C26H22F3N5O. The van der Waals surface area contributed by atoms with Crippen molar-refractivity contribution in [3.63, 3.8) is 0 Å². The SMILES string of the molecule is Cc1cc(C)cc(-c2nn(-c3cc(-c4cccnn4)ccc3C(F)(F)F)c(=O)c3c2CC(C)N3)c1. The predicted molar refractivity (Wildman–Crippen MR) is 128 cm³/mol. The fourth-order valence-corrected chi connectivity index (χ4v) is 4.58.